The topological polar surface area (TPSA) is 16.1 Å². The van der Waals surface area contributed by atoms with Gasteiger partial charge in [-0.25, -0.2) is 0 Å². The molecule has 0 saturated carbocycles. The highest BCUT2D eigenvalue weighted by molar-refractivity contribution is 9.10. The van der Waals surface area contributed by atoms with E-state index in [4.69, 9.17) is 0 Å². The van der Waals surface area contributed by atoms with E-state index in [1.54, 1.807) is 0 Å². The molecule has 0 aromatic carbocycles. The summed E-state index contributed by atoms with van der Waals surface area (Å²) in [5.74, 6) is 0.696. The van der Waals surface area contributed by atoms with Crippen LogP contribution in [0.5, 0.6) is 0 Å². The number of rotatable bonds is 2. The quantitative estimate of drug-likeness (QED) is 0.765. The monoisotopic (exact) mass is 266 g/mol. The van der Waals surface area contributed by atoms with Gasteiger partial charge in [0.05, 0.1) is 11.9 Å². The van der Waals surface area contributed by atoms with Crippen LogP contribution in [0.3, 0.4) is 0 Å². The van der Waals surface area contributed by atoms with Crippen molar-refractivity contribution in [2.75, 3.05) is 18.0 Å². The predicted octanol–water partition coefficient (Wildman–Crippen LogP) is 3.25. The van der Waals surface area contributed by atoms with Gasteiger partial charge in [0.25, 0.3) is 0 Å². The maximum atomic E-state index is 4.19. The zero-order valence-electron chi connectivity index (χ0n) is 8.69. The summed E-state index contributed by atoms with van der Waals surface area (Å²) in [6.07, 6.45) is 8.24. The molecule has 0 aliphatic carbocycles. The first-order valence-corrected chi connectivity index (χ1v) is 6.07. The fourth-order valence-electron chi connectivity index (χ4n) is 1.97. The minimum atomic E-state index is 0.696. The van der Waals surface area contributed by atoms with Crippen molar-refractivity contribution in [2.24, 2.45) is 5.92 Å². The van der Waals surface area contributed by atoms with Gasteiger partial charge in [-0.2, -0.15) is 0 Å². The number of aromatic nitrogens is 1. The van der Waals surface area contributed by atoms with E-state index in [1.807, 2.05) is 12.4 Å². The minimum Gasteiger partial charge on any atom is -0.370 e. The van der Waals surface area contributed by atoms with Crippen LogP contribution in [0.4, 0.5) is 5.69 Å². The molecule has 1 aliphatic heterocycles. The number of hydrogen-bond acceptors (Lipinski definition) is 2. The second-order valence-corrected chi connectivity index (χ2v) is 4.84. The summed E-state index contributed by atoms with van der Waals surface area (Å²) in [6, 6.07) is 2.13. The zero-order valence-corrected chi connectivity index (χ0v) is 10.3. The molecule has 15 heavy (non-hydrogen) atoms. The highest BCUT2D eigenvalue weighted by atomic mass is 79.9. The number of nitrogens with zero attached hydrogens (tertiary/aromatic N) is 2. The summed E-state index contributed by atoms with van der Waals surface area (Å²) in [6.45, 7) is 6.07. The molecule has 0 amide bonds. The van der Waals surface area contributed by atoms with E-state index in [1.165, 1.54) is 18.5 Å². The van der Waals surface area contributed by atoms with Gasteiger partial charge >= 0.3 is 0 Å². The zero-order chi connectivity index (χ0) is 10.7. The third kappa shape index (κ3) is 2.59. The molecule has 1 fully saturated rings. The molecule has 1 saturated heterocycles. The second kappa shape index (κ2) is 4.79. The van der Waals surface area contributed by atoms with Gasteiger partial charge in [-0.05, 0) is 40.8 Å². The first-order valence-electron chi connectivity index (χ1n) is 5.27. The minimum absolute atomic E-state index is 0.696. The van der Waals surface area contributed by atoms with Crippen molar-refractivity contribution < 1.29 is 0 Å². The molecule has 0 N–H and O–H groups in total. The number of pyridine rings is 1. The van der Waals surface area contributed by atoms with Gasteiger partial charge in [0, 0.05) is 23.8 Å². The summed E-state index contributed by atoms with van der Waals surface area (Å²) in [4.78, 5) is 6.58. The molecule has 80 valence electrons. The standard InChI is InChI=1S/C12H15BrN2/c1-2-10-3-5-15(6-4-10)12-7-11(13)8-14-9-12/h2,7-10H,1,3-6H2. The van der Waals surface area contributed by atoms with Gasteiger partial charge in [-0.3, -0.25) is 4.98 Å². The van der Waals surface area contributed by atoms with Crippen LogP contribution >= 0.6 is 15.9 Å². The highest BCUT2D eigenvalue weighted by Crippen LogP contribution is 2.24. The van der Waals surface area contributed by atoms with Crippen molar-refractivity contribution >= 4 is 21.6 Å². The maximum Gasteiger partial charge on any atom is 0.0564 e. The lowest BCUT2D eigenvalue weighted by atomic mass is 9.97. The lowest BCUT2D eigenvalue weighted by molar-refractivity contribution is 0.479. The molecule has 1 aliphatic rings. The van der Waals surface area contributed by atoms with E-state index in [-0.39, 0.29) is 0 Å². The third-order valence-corrected chi connectivity index (χ3v) is 3.36. The molecule has 0 unspecified atom stereocenters. The number of allylic oxidation sites excluding steroid dienone is 1. The summed E-state index contributed by atoms with van der Waals surface area (Å²) >= 11 is 3.45. The molecule has 2 nitrogen and oxygen atoms in total. The number of hydrogen-bond donors (Lipinski definition) is 0. The van der Waals surface area contributed by atoms with Gasteiger partial charge in [0.2, 0.25) is 0 Å². The largest absolute Gasteiger partial charge is 0.370 e. The first-order chi connectivity index (χ1) is 7.29. The lowest BCUT2D eigenvalue weighted by Crippen LogP contribution is -2.33. The Morgan fingerprint density at radius 3 is 2.73 bits per heavy atom. The van der Waals surface area contributed by atoms with Crippen LogP contribution in [0, 0.1) is 5.92 Å². The molecule has 2 rings (SSSR count). The molecular formula is C12H15BrN2. The Bertz CT molecular complexity index is 343. The van der Waals surface area contributed by atoms with Crippen molar-refractivity contribution in [3.8, 4) is 0 Å². The molecule has 1 aromatic rings. The highest BCUT2D eigenvalue weighted by Gasteiger charge is 2.17. The summed E-state index contributed by atoms with van der Waals surface area (Å²) in [5.41, 5.74) is 1.21. The van der Waals surface area contributed by atoms with Gasteiger partial charge in [-0.1, -0.05) is 6.08 Å². The number of halogens is 1. The van der Waals surface area contributed by atoms with Gasteiger partial charge in [0.1, 0.15) is 0 Å². The molecular weight excluding hydrogens is 252 g/mol. The number of anilines is 1. The first kappa shape index (κ1) is 10.7. The van der Waals surface area contributed by atoms with E-state index in [9.17, 15) is 0 Å². The smallest absolute Gasteiger partial charge is 0.0564 e. The molecule has 2 heterocycles. The Morgan fingerprint density at radius 2 is 2.13 bits per heavy atom. The van der Waals surface area contributed by atoms with Crippen LogP contribution in [0.2, 0.25) is 0 Å². The summed E-state index contributed by atoms with van der Waals surface area (Å²) in [7, 11) is 0. The molecule has 0 atom stereocenters. The van der Waals surface area contributed by atoms with Crippen LogP contribution in [0.25, 0.3) is 0 Å². The summed E-state index contributed by atoms with van der Waals surface area (Å²) in [5, 5.41) is 0. The average molecular weight is 267 g/mol. The maximum absolute atomic E-state index is 4.19. The van der Waals surface area contributed by atoms with Crippen LogP contribution in [0.1, 0.15) is 12.8 Å². The Balaban J connectivity index is 2.04. The Morgan fingerprint density at radius 1 is 1.40 bits per heavy atom. The van der Waals surface area contributed by atoms with Crippen LogP contribution in [-0.4, -0.2) is 18.1 Å². The Labute approximate surface area is 99.1 Å². The Kier molecular flexibility index (Phi) is 3.41. The van der Waals surface area contributed by atoms with Crippen molar-refractivity contribution in [2.45, 2.75) is 12.8 Å². The fraction of sp³-hybridized carbons (Fsp3) is 0.417. The van der Waals surface area contributed by atoms with E-state index >= 15 is 0 Å². The van der Waals surface area contributed by atoms with Crippen molar-refractivity contribution in [3.05, 3.63) is 35.6 Å². The molecule has 3 heteroatoms. The molecule has 0 bridgehead atoms. The second-order valence-electron chi connectivity index (χ2n) is 3.92. The van der Waals surface area contributed by atoms with Crippen molar-refractivity contribution in [1.29, 1.82) is 0 Å². The van der Waals surface area contributed by atoms with Crippen LogP contribution in [-0.2, 0) is 0 Å². The van der Waals surface area contributed by atoms with E-state index in [0.717, 1.165) is 17.6 Å². The normalized spacial score (nSPS) is 17.8. The SMILES string of the molecule is C=CC1CCN(c2cncc(Br)c2)CC1. The van der Waals surface area contributed by atoms with Gasteiger partial charge in [0.15, 0.2) is 0 Å². The molecule has 0 spiro atoms. The van der Waals surface area contributed by atoms with E-state index < -0.39 is 0 Å². The Hall–Kier alpha value is -0.830. The van der Waals surface area contributed by atoms with E-state index in [0.29, 0.717) is 5.92 Å². The lowest BCUT2D eigenvalue weighted by Gasteiger charge is -2.32. The van der Waals surface area contributed by atoms with Crippen molar-refractivity contribution in [3.63, 3.8) is 0 Å². The van der Waals surface area contributed by atoms with E-state index in [2.05, 4.69) is 44.5 Å². The average Bonchev–Trinajstić information content (AvgIpc) is 2.29. The molecule has 0 radical (unpaired) electrons. The summed E-state index contributed by atoms with van der Waals surface area (Å²) < 4.78 is 1.05. The van der Waals surface area contributed by atoms with Crippen LogP contribution < -0.4 is 4.90 Å². The number of piperidine rings is 1. The third-order valence-electron chi connectivity index (χ3n) is 2.93. The van der Waals surface area contributed by atoms with Gasteiger partial charge in [-0.15, -0.1) is 6.58 Å². The fourth-order valence-corrected chi connectivity index (χ4v) is 2.32. The van der Waals surface area contributed by atoms with Crippen LogP contribution in [0.15, 0.2) is 35.6 Å². The predicted molar refractivity (Wildman–Crippen MR) is 67.1 cm³/mol. The van der Waals surface area contributed by atoms with Gasteiger partial charge < -0.3 is 4.90 Å². The molecule has 1 aromatic heterocycles. The van der Waals surface area contributed by atoms with Crippen molar-refractivity contribution in [1.82, 2.24) is 4.98 Å².